The van der Waals surface area contributed by atoms with E-state index in [4.69, 9.17) is 47.6 Å². The van der Waals surface area contributed by atoms with Crippen LogP contribution >= 0.6 is 0 Å². The van der Waals surface area contributed by atoms with E-state index in [1.165, 1.54) is 287 Å². The van der Waals surface area contributed by atoms with Gasteiger partial charge in [0.25, 0.3) is 23.6 Å². The minimum absolute atomic E-state index is 0.103. The number of urea groups is 1. The fourth-order valence-electron chi connectivity index (χ4n) is 26.4. The maximum atomic E-state index is 14.2. The number of hydrogen-bond acceptors (Lipinski definition) is 14. The fraction of sp³-hybridized carbons (Fsp3) is 0.761. The smallest absolute Gasteiger partial charge is 0.315 e. The number of nitrogens with one attached hydrogen (secondary N) is 2. The molecule has 3 unspecified atom stereocenters. The zero-order valence-corrected chi connectivity index (χ0v) is 83.5. The molecule has 16 rings (SSSR count). The molecule has 0 radical (unpaired) electrons. The summed E-state index contributed by atoms with van der Waals surface area (Å²) in [5.74, 6) is 8.55. The van der Waals surface area contributed by atoms with Gasteiger partial charge in [-0.25, -0.2) is 24.8 Å². The molecule has 738 valence electrons. The monoisotopic (exact) mass is 1830 g/mol. The molecule has 9 aliphatic carbocycles. The van der Waals surface area contributed by atoms with Crippen molar-refractivity contribution in [3.05, 3.63) is 107 Å². The summed E-state index contributed by atoms with van der Waals surface area (Å²) in [6.45, 7) is 9.61. The number of guanidine groups is 4. The Kier molecular flexibility index (Phi) is 40.6. The number of carbonyl (C=O) groups is 5. The van der Waals surface area contributed by atoms with Crippen LogP contribution < -0.4 is 33.6 Å². The van der Waals surface area contributed by atoms with E-state index >= 15 is 0 Å². The SMILES string of the molecule is CCCCNC(=O)NCc1ccc(CN2C(=O)C(CCC3CCCCC3)(CC3CCCCC3)N=C2N)cc1.CCCCOC1CCCC(C[C@@]2(CCC3CCCCC3)N=C(N)N(C)C2=O)C1.C[C@@H](C1CCCCC1)N1C(=O)[C@@](CCC2CCCCC2)(CC2CCCCC2)N=C1N.NC1=N[C@](CCC2CCCCC2)(CC2CCCCC2)C(=O)N1CCC(c1ccccc1)c1ccccc1. The first kappa shape index (κ1) is 103. The van der Waals surface area contributed by atoms with Gasteiger partial charge in [-0.3, -0.25) is 38.8 Å². The van der Waals surface area contributed by atoms with Crippen LogP contribution in [0, 0.1) is 53.3 Å². The van der Waals surface area contributed by atoms with Gasteiger partial charge in [0, 0.05) is 45.2 Å². The third-order valence-electron chi connectivity index (χ3n) is 34.5. The molecule has 133 heavy (non-hydrogen) atoms. The van der Waals surface area contributed by atoms with Gasteiger partial charge in [-0.1, -0.05) is 368 Å². The lowest BCUT2D eigenvalue weighted by Gasteiger charge is -2.37. The predicted octanol–water partition coefficient (Wildman–Crippen LogP) is 24.3. The van der Waals surface area contributed by atoms with Gasteiger partial charge in [0.05, 0.1) is 12.6 Å². The van der Waals surface area contributed by atoms with Crippen molar-refractivity contribution < 1.29 is 28.7 Å². The van der Waals surface area contributed by atoms with Crippen LogP contribution in [-0.4, -0.2) is 134 Å². The molecular formula is C113H180N14O6. The first-order valence-corrected chi connectivity index (χ1v) is 55.2. The normalized spacial score (nSPS) is 26.9. The zero-order valence-electron chi connectivity index (χ0n) is 83.5. The molecule has 3 aromatic carbocycles. The molecule has 13 aliphatic rings. The van der Waals surface area contributed by atoms with Crippen LogP contribution in [0.25, 0.3) is 0 Å². The third-order valence-corrected chi connectivity index (χ3v) is 34.5. The minimum atomic E-state index is -0.682. The van der Waals surface area contributed by atoms with Crippen LogP contribution in [-0.2, 0) is 37.0 Å². The second-order valence-corrected chi connectivity index (χ2v) is 44.4. The van der Waals surface area contributed by atoms with E-state index in [9.17, 15) is 24.0 Å². The molecule has 0 saturated heterocycles. The average molecular weight is 1830 g/mol. The van der Waals surface area contributed by atoms with Gasteiger partial charge < -0.3 is 38.3 Å². The lowest BCUT2D eigenvalue weighted by atomic mass is 9.74. The van der Waals surface area contributed by atoms with Crippen molar-refractivity contribution in [3.8, 4) is 0 Å². The Morgan fingerprint density at radius 2 is 0.774 bits per heavy atom. The van der Waals surface area contributed by atoms with E-state index in [1.54, 1.807) is 16.8 Å². The maximum Gasteiger partial charge on any atom is 0.315 e. The van der Waals surface area contributed by atoms with Crippen LogP contribution in [0.15, 0.2) is 105 Å². The summed E-state index contributed by atoms with van der Waals surface area (Å²) in [5, 5.41) is 5.77. The van der Waals surface area contributed by atoms with Crippen LogP contribution in [0.4, 0.5) is 4.79 Å². The van der Waals surface area contributed by atoms with Crippen LogP contribution in [0.1, 0.15) is 441 Å². The van der Waals surface area contributed by atoms with Crippen molar-refractivity contribution in [2.45, 2.75) is 466 Å². The summed E-state index contributed by atoms with van der Waals surface area (Å²) in [6, 6.07) is 29.4. The number of nitrogens with zero attached hydrogens (tertiary/aromatic N) is 8. The largest absolute Gasteiger partial charge is 0.378 e. The number of nitrogens with two attached hydrogens (primary N) is 4. The maximum absolute atomic E-state index is 14.2. The highest BCUT2D eigenvalue weighted by Crippen LogP contribution is 2.48. The lowest BCUT2D eigenvalue weighted by molar-refractivity contribution is -0.135. The summed E-state index contributed by atoms with van der Waals surface area (Å²) in [5.41, 5.74) is 27.8. The average Bonchev–Trinajstić information content (AvgIpc) is 1.63. The Morgan fingerprint density at radius 3 is 1.20 bits per heavy atom. The van der Waals surface area contributed by atoms with Crippen molar-refractivity contribution in [1.82, 2.24) is 30.2 Å². The number of amides is 6. The highest BCUT2D eigenvalue weighted by atomic mass is 16.5. The topological polar surface area (TPSA) is 285 Å². The number of aliphatic imine (C=N–C) groups is 4. The van der Waals surface area contributed by atoms with Gasteiger partial charge in [0.1, 0.15) is 22.2 Å². The summed E-state index contributed by atoms with van der Waals surface area (Å²) in [4.78, 5) is 94.3. The van der Waals surface area contributed by atoms with E-state index in [2.05, 4.69) is 92.1 Å². The molecule has 6 amide bonds. The van der Waals surface area contributed by atoms with Crippen molar-refractivity contribution in [1.29, 1.82) is 0 Å². The first-order chi connectivity index (χ1) is 64.8. The molecule has 10 N–H and O–H groups in total. The van der Waals surface area contributed by atoms with Gasteiger partial charge in [-0.2, -0.15) is 0 Å². The summed E-state index contributed by atoms with van der Waals surface area (Å²) >= 11 is 0. The summed E-state index contributed by atoms with van der Waals surface area (Å²) < 4.78 is 6.12. The molecule has 4 aliphatic heterocycles. The molecule has 0 spiro atoms. The molecule has 9 fully saturated rings. The number of rotatable bonds is 38. The number of hydrogen-bond donors (Lipinski definition) is 6. The van der Waals surface area contributed by atoms with Gasteiger partial charge in [-0.15, -0.1) is 0 Å². The highest BCUT2D eigenvalue weighted by Gasteiger charge is 2.54. The number of carbonyl (C=O) groups excluding carboxylic acids is 5. The molecule has 9 saturated carbocycles. The number of unbranched alkanes of at least 4 members (excludes halogenated alkanes) is 2. The van der Waals surface area contributed by atoms with E-state index in [0.29, 0.717) is 85.7 Å². The Bertz CT molecular complexity index is 4090. The number of benzene rings is 3. The van der Waals surface area contributed by atoms with Gasteiger partial charge in [-0.05, 0) is 204 Å². The molecule has 20 heteroatoms. The molecular weight excluding hydrogens is 1650 g/mol. The van der Waals surface area contributed by atoms with Crippen LogP contribution in [0.3, 0.4) is 0 Å². The van der Waals surface area contributed by atoms with Crippen molar-refractivity contribution >= 4 is 53.5 Å². The number of likely N-dealkylation sites (N-methyl/N-ethyl adjacent to an activating group) is 1. The predicted molar refractivity (Wildman–Crippen MR) is 544 cm³/mol. The third kappa shape index (κ3) is 29.4. The van der Waals surface area contributed by atoms with E-state index < -0.39 is 22.2 Å². The summed E-state index contributed by atoms with van der Waals surface area (Å²) in [6.07, 6.45) is 73.9. The van der Waals surface area contributed by atoms with Crippen molar-refractivity contribution in [2.75, 3.05) is 26.7 Å². The van der Waals surface area contributed by atoms with Gasteiger partial charge in [0.15, 0.2) is 23.8 Å². The number of ether oxygens (including phenoxy) is 1. The summed E-state index contributed by atoms with van der Waals surface area (Å²) in [7, 11) is 1.78. The molecule has 3 aromatic rings. The Morgan fingerprint density at radius 1 is 0.406 bits per heavy atom. The standard InChI is InChI=1S/C33H45N3O.C31H49N5O2.C26H45N3O.C23H41N3O2/c34-32-35-33(25-27-15-7-2-8-16-27,23-21-26-13-5-1-6-14-26)31(37)36(32)24-22-30(28-17-9-3-10-18-28)29-19-11-4-12-20-29;1-2-3-20-33-30(38)34-22-26-14-16-27(17-15-26)23-36-28(37)31(35-29(36)32,21-25-12-8-5-9-13-25)19-18-24-10-6-4-7-11-24;1-20(23-15-9-4-10-16-23)29-24(30)26(28-25(29)27,19-22-13-7-3-8-14-22)18-17-21-11-5-2-6-12-21;1-3-4-15-28-20-12-8-11-19(16-20)17-23(21(27)26(2)22(24)25-23)14-13-18-9-6-5-7-10-18/h3-4,9-12,17-20,26-27,30H,1-2,5-8,13-16,21-25H2,(H2,34,35);14-17,24-25H,2-13,18-23H2,1H3,(H2,32,35)(H2,33,34,38);20-23H,2-19H2,1H3,(H2,27,28);18-20H,3-17H2,1-2H3,(H2,24,25)/t33-;;20-,26+;19?,20?,23-/m1.01/s1. The van der Waals surface area contributed by atoms with Crippen LogP contribution in [0.2, 0.25) is 0 Å². The van der Waals surface area contributed by atoms with Gasteiger partial charge >= 0.3 is 6.03 Å². The quantitative estimate of drug-likeness (QED) is 0.0295. The van der Waals surface area contributed by atoms with Crippen LogP contribution in [0.5, 0.6) is 0 Å². The van der Waals surface area contributed by atoms with Crippen molar-refractivity contribution in [3.63, 3.8) is 0 Å². The second kappa shape index (κ2) is 52.4. The Balaban J connectivity index is 0.000000152. The zero-order chi connectivity index (χ0) is 93.3. The molecule has 4 heterocycles. The first-order valence-electron chi connectivity index (χ1n) is 55.2. The molecule has 0 aromatic heterocycles. The Labute approximate surface area is 803 Å². The molecule has 0 bridgehead atoms. The lowest BCUT2D eigenvalue weighted by Crippen LogP contribution is -2.51. The van der Waals surface area contributed by atoms with Gasteiger partial charge in [0.2, 0.25) is 0 Å². The molecule has 20 nitrogen and oxygen atoms in total. The van der Waals surface area contributed by atoms with E-state index in [1.807, 2.05) is 34.1 Å². The Hall–Kier alpha value is -7.35. The van der Waals surface area contributed by atoms with E-state index in [0.717, 1.165) is 157 Å². The second-order valence-electron chi connectivity index (χ2n) is 44.4. The molecule has 7 atom stereocenters. The highest BCUT2D eigenvalue weighted by molar-refractivity contribution is 6.09. The van der Waals surface area contributed by atoms with Crippen molar-refractivity contribution in [2.24, 2.45) is 96.2 Å². The fourth-order valence-corrected chi connectivity index (χ4v) is 26.4. The minimum Gasteiger partial charge on any atom is -0.378 e. The van der Waals surface area contributed by atoms with E-state index in [-0.39, 0.29) is 41.6 Å².